The second-order valence-corrected chi connectivity index (χ2v) is 5.83. The lowest BCUT2D eigenvalue weighted by atomic mass is 9.93. The number of aliphatic hydroxyl groups excluding tert-OH is 1. The van der Waals surface area contributed by atoms with E-state index in [1.807, 2.05) is 12.1 Å². The summed E-state index contributed by atoms with van der Waals surface area (Å²) in [6.45, 7) is 8.21. The third-order valence-electron chi connectivity index (χ3n) is 2.69. The molecular weight excluding hydrogens is 237 g/mol. The molecule has 3 N–H and O–H groups in total. The van der Waals surface area contributed by atoms with Gasteiger partial charge in [0.1, 0.15) is 0 Å². The summed E-state index contributed by atoms with van der Waals surface area (Å²) in [5.74, 6) is 0.564. The second kappa shape index (κ2) is 5.74. The van der Waals surface area contributed by atoms with E-state index in [4.69, 9.17) is 10.8 Å². The van der Waals surface area contributed by atoms with E-state index in [0.717, 1.165) is 33.5 Å². The molecule has 0 saturated carbocycles. The molecule has 0 spiro atoms. The Morgan fingerprint density at radius 3 is 1.82 bits per heavy atom. The van der Waals surface area contributed by atoms with Gasteiger partial charge in [0.25, 0.3) is 0 Å². The van der Waals surface area contributed by atoms with Crippen LogP contribution in [0, 0.1) is 0 Å². The topological polar surface area (TPSA) is 46.2 Å². The van der Waals surface area contributed by atoms with E-state index < -0.39 is 5.69 Å². The number of hydrogen-bond acceptors (Lipinski definition) is 3. The summed E-state index contributed by atoms with van der Waals surface area (Å²) in [5, 5.41) is 8.80. The number of rotatable bonds is 4. The fraction of sp³-hybridized carbons (Fsp3) is 0.538. The number of aliphatic hydroxyl groups is 1. The molecule has 0 radical (unpaired) electrons. The van der Waals surface area contributed by atoms with Crippen LogP contribution in [0.2, 0.25) is 0 Å². The van der Waals surface area contributed by atoms with Crippen molar-refractivity contribution in [2.75, 3.05) is 5.73 Å². The summed E-state index contributed by atoms with van der Waals surface area (Å²) in [6, 6.07) is 3.72. The van der Waals surface area contributed by atoms with Crippen molar-refractivity contribution >= 4 is 17.4 Å². The first-order chi connectivity index (χ1) is 7.82. The highest BCUT2D eigenvalue weighted by Gasteiger charge is 2.15. The monoisotopic (exact) mass is 257 g/mol. The van der Waals surface area contributed by atoms with Gasteiger partial charge in [0.15, 0.2) is 0 Å². The van der Waals surface area contributed by atoms with E-state index in [9.17, 15) is 4.39 Å². The normalized spacial score (nSPS) is 13.4. The molecule has 0 bridgehead atoms. The maximum Gasteiger partial charge on any atom is 0.249 e. The summed E-state index contributed by atoms with van der Waals surface area (Å²) < 4.78 is 12.6. The van der Waals surface area contributed by atoms with Gasteiger partial charge in [-0.15, -0.1) is 0 Å². The third-order valence-corrected chi connectivity index (χ3v) is 3.40. The molecule has 0 fully saturated rings. The lowest BCUT2D eigenvalue weighted by Gasteiger charge is -2.18. The molecule has 0 aliphatic carbocycles. The molecule has 1 unspecified atom stereocenters. The first-order valence-corrected chi connectivity index (χ1v) is 6.63. The molecule has 0 amide bonds. The number of thioether (sulfide) groups is 1. The molecule has 0 saturated heterocycles. The van der Waals surface area contributed by atoms with E-state index >= 15 is 0 Å². The minimum Gasteiger partial charge on any atom is -0.398 e. The Bertz CT molecular complexity index is 362. The smallest absolute Gasteiger partial charge is 0.249 e. The molecule has 0 aliphatic heterocycles. The van der Waals surface area contributed by atoms with Gasteiger partial charge < -0.3 is 10.8 Å². The molecule has 1 rings (SSSR count). The number of benzene rings is 1. The van der Waals surface area contributed by atoms with E-state index in [1.165, 1.54) is 0 Å². The molecule has 1 aromatic carbocycles. The van der Waals surface area contributed by atoms with Gasteiger partial charge in [0, 0.05) is 10.6 Å². The molecule has 4 heteroatoms. The van der Waals surface area contributed by atoms with Gasteiger partial charge in [-0.2, -0.15) is 0 Å². The van der Waals surface area contributed by atoms with Gasteiger partial charge in [0.2, 0.25) is 5.69 Å². The van der Waals surface area contributed by atoms with Crippen LogP contribution in [0.4, 0.5) is 10.1 Å². The molecule has 1 aromatic rings. The van der Waals surface area contributed by atoms with E-state index in [1.54, 1.807) is 0 Å². The largest absolute Gasteiger partial charge is 0.398 e. The molecular formula is C13H20FNOS. The van der Waals surface area contributed by atoms with Crippen LogP contribution in [-0.4, -0.2) is 10.8 Å². The average molecular weight is 257 g/mol. The van der Waals surface area contributed by atoms with Crippen LogP contribution in [-0.2, 0) is 0 Å². The van der Waals surface area contributed by atoms with Crippen LogP contribution >= 0.6 is 11.8 Å². The summed E-state index contributed by atoms with van der Waals surface area (Å²) >= 11 is 0.804. The third kappa shape index (κ3) is 3.61. The van der Waals surface area contributed by atoms with Gasteiger partial charge in [-0.05, 0) is 35.1 Å². The minimum atomic E-state index is -1.89. The maximum atomic E-state index is 12.6. The zero-order valence-electron chi connectivity index (χ0n) is 10.7. The molecule has 2 nitrogen and oxygen atoms in total. The number of anilines is 1. The zero-order valence-corrected chi connectivity index (χ0v) is 11.5. The van der Waals surface area contributed by atoms with Crippen molar-refractivity contribution in [2.24, 2.45) is 0 Å². The molecule has 96 valence electrons. The van der Waals surface area contributed by atoms with Crippen LogP contribution in [0.3, 0.4) is 0 Å². The van der Waals surface area contributed by atoms with E-state index in [0.29, 0.717) is 0 Å². The predicted molar refractivity (Wildman–Crippen MR) is 72.0 cm³/mol. The standard InChI is InChI=1S/C13H20FNOS/c1-7(2)10-5-9(17-13(14)16)6-11(8(3)4)12(10)15/h5-8,13,16H,15H2,1-4H3. The Hall–Kier alpha value is -0.740. The SMILES string of the molecule is CC(C)c1cc(SC(O)F)cc(C(C)C)c1N. The number of alkyl halides is 1. The zero-order chi connectivity index (χ0) is 13.2. The van der Waals surface area contributed by atoms with Crippen LogP contribution in [0.5, 0.6) is 0 Å². The van der Waals surface area contributed by atoms with Crippen molar-refractivity contribution in [3.63, 3.8) is 0 Å². The van der Waals surface area contributed by atoms with E-state index in [2.05, 4.69) is 27.7 Å². The molecule has 0 heterocycles. The van der Waals surface area contributed by atoms with Gasteiger partial charge in [-0.25, -0.2) is 4.39 Å². The Morgan fingerprint density at radius 1 is 1.12 bits per heavy atom. The van der Waals surface area contributed by atoms with E-state index in [-0.39, 0.29) is 11.8 Å². The van der Waals surface area contributed by atoms with Crippen molar-refractivity contribution in [2.45, 2.75) is 50.1 Å². The number of nitrogen functional groups attached to an aromatic ring is 1. The van der Waals surface area contributed by atoms with Gasteiger partial charge >= 0.3 is 0 Å². The highest BCUT2D eigenvalue weighted by Crippen LogP contribution is 2.35. The first-order valence-electron chi connectivity index (χ1n) is 5.75. The summed E-state index contributed by atoms with van der Waals surface area (Å²) in [5.41, 5.74) is 7.04. The molecule has 0 aliphatic rings. The summed E-state index contributed by atoms with van der Waals surface area (Å²) in [6.07, 6.45) is 0. The quantitative estimate of drug-likeness (QED) is 0.489. The van der Waals surface area contributed by atoms with Crippen molar-refractivity contribution in [1.29, 1.82) is 0 Å². The number of nitrogens with two attached hydrogens (primary N) is 1. The van der Waals surface area contributed by atoms with Crippen LogP contribution in [0.25, 0.3) is 0 Å². The fourth-order valence-electron chi connectivity index (χ4n) is 1.81. The van der Waals surface area contributed by atoms with Crippen molar-refractivity contribution in [3.05, 3.63) is 23.3 Å². The van der Waals surface area contributed by atoms with Crippen LogP contribution < -0.4 is 5.73 Å². The Morgan fingerprint density at radius 2 is 1.53 bits per heavy atom. The van der Waals surface area contributed by atoms with Gasteiger partial charge in [-0.3, -0.25) is 0 Å². The Balaban J connectivity index is 3.26. The van der Waals surface area contributed by atoms with Crippen molar-refractivity contribution < 1.29 is 9.50 Å². The maximum absolute atomic E-state index is 12.6. The average Bonchev–Trinajstić information content (AvgIpc) is 2.18. The van der Waals surface area contributed by atoms with Crippen LogP contribution in [0.1, 0.15) is 50.7 Å². The highest BCUT2D eigenvalue weighted by molar-refractivity contribution is 7.99. The lowest BCUT2D eigenvalue weighted by Crippen LogP contribution is -2.04. The number of hydrogen-bond donors (Lipinski definition) is 2. The Kier molecular flexibility index (Phi) is 4.83. The highest BCUT2D eigenvalue weighted by atomic mass is 32.2. The first kappa shape index (κ1) is 14.3. The second-order valence-electron chi connectivity index (χ2n) is 4.73. The molecule has 1 atom stereocenters. The predicted octanol–water partition coefficient (Wildman–Crippen LogP) is 3.85. The number of halogens is 1. The van der Waals surface area contributed by atoms with Crippen molar-refractivity contribution in [3.8, 4) is 0 Å². The minimum absolute atomic E-state index is 0.282. The molecule has 0 aromatic heterocycles. The summed E-state index contributed by atoms with van der Waals surface area (Å²) in [7, 11) is 0. The molecule has 17 heavy (non-hydrogen) atoms. The van der Waals surface area contributed by atoms with Gasteiger partial charge in [0.05, 0.1) is 0 Å². The summed E-state index contributed by atoms with van der Waals surface area (Å²) in [4.78, 5) is 0.724. The van der Waals surface area contributed by atoms with Crippen LogP contribution in [0.15, 0.2) is 17.0 Å². The fourth-order valence-corrected chi connectivity index (χ4v) is 2.42. The van der Waals surface area contributed by atoms with Gasteiger partial charge in [-0.1, -0.05) is 39.5 Å². The lowest BCUT2D eigenvalue weighted by molar-refractivity contribution is 0.129. The Labute approximate surface area is 106 Å². The van der Waals surface area contributed by atoms with Crippen molar-refractivity contribution in [1.82, 2.24) is 0 Å².